The fourth-order valence-electron chi connectivity index (χ4n) is 0.827. The minimum atomic E-state index is 0.0314. The Bertz CT molecular complexity index is 205. The molecule has 0 heterocycles. The van der Waals surface area contributed by atoms with Crippen LogP contribution in [-0.2, 0) is 4.79 Å². The first-order valence-electron chi connectivity index (χ1n) is 4.30. The van der Waals surface area contributed by atoms with E-state index < -0.39 is 0 Å². The zero-order valence-electron chi connectivity index (χ0n) is 8.74. The topological polar surface area (TPSA) is 47.3 Å². The van der Waals surface area contributed by atoms with E-state index in [1.54, 1.807) is 14.1 Å². The van der Waals surface area contributed by atoms with Crippen molar-refractivity contribution >= 4 is 5.91 Å². The summed E-state index contributed by atoms with van der Waals surface area (Å²) >= 11 is 0. The summed E-state index contributed by atoms with van der Waals surface area (Å²) in [5, 5.41) is 8.52. The van der Waals surface area contributed by atoms with Gasteiger partial charge in [0.15, 0.2) is 0 Å². The predicted octanol–water partition coefficient (Wildman–Crippen LogP) is 0.309. The SMILES string of the molecule is CC(C)N(CC#N)CC(=O)N(C)C. The molecule has 0 unspecified atom stereocenters. The summed E-state index contributed by atoms with van der Waals surface area (Å²) in [6.45, 7) is 4.57. The summed E-state index contributed by atoms with van der Waals surface area (Å²) in [5.41, 5.74) is 0. The van der Waals surface area contributed by atoms with Crippen LogP contribution in [-0.4, -0.2) is 48.9 Å². The molecule has 13 heavy (non-hydrogen) atoms. The van der Waals surface area contributed by atoms with Gasteiger partial charge in [0, 0.05) is 20.1 Å². The summed E-state index contributed by atoms with van der Waals surface area (Å²) in [6.07, 6.45) is 0. The van der Waals surface area contributed by atoms with Crippen molar-refractivity contribution in [3.63, 3.8) is 0 Å². The van der Waals surface area contributed by atoms with Gasteiger partial charge in [-0.3, -0.25) is 9.69 Å². The average Bonchev–Trinajstić information content (AvgIpc) is 2.03. The number of carbonyl (C=O) groups is 1. The molecule has 0 N–H and O–H groups in total. The molecule has 0 aliphatic rings. The van der Waals surface area contributed by atoms with Crippen LogP contribution in [0.3, 0.4) is 0 Å². The molecule has 4 heteroatoms. The molecule has 1 amide bonds. The van der Waals surface area contributed by atoms with E-state index in [9.17, 15) is 4.79 Å². The second-order valence-electron chi connectivity index (χ2n) is 3.45. The molecule has 0 spiro atoms. The van der Waals surface area contributed by atoms with Crippen molar-refractivity contribution in [1.82, 2.24) is 9.80 Å². The first-order valence-corrected chi connectivity index (χ1v) is 4.30. The second kappa shape index (κ2) is 5.55. The number of carbonyl (C=O) groups excluding carboxylic acids is 1. The molecular formula is C9H17N3O. The zero-order valence-corrected chi connectivity index (χ0v) is 8.74. The Morgan fingerprint density at radius 1 is 1.46 bits per heavy atom. The van der Waals surface area contributed by atoms with E-state index in [4.69, 9.17) is 5.26 Å². The molecule has 0 aromatic heterocycles. The number of likely N-dealkylation sites (N-methyl/N-ethyl adjacent to an activating group) is 1. The lowest BCUT2D eigenvalue weighted by Gasteiger charge is -2.24. The largest absolute Gasteiger partial charge is 0.348 e. The van der Waals surface area contributed by atoms with Crippen molar-refractivity contribution in [1.29, 1.82) is 5.26 Å². The third kappa shape index (κ3) is 4.48. The van der Waals surface area contributed by atoms with Crippen molar-refractivity contribution < 1.29 is 4.79 Å². The molecule has 0 bridgehead atoms. The molecule has 0 aliphatic carbocycles. The molecule has 0 aromatic rings. The van der Waals surface area contributed by atoms with Crippen LogP contribution in [0, 0.1) is 11.3 Å². The van der Waals surface area contributed by atoms with Crippen LogP contribution in [0.1, 0.15) is 13.8 Å². The van der Waals surface area contributed by atoms with E-state index >= 15 is 0 Å². The Balaban J connectivity index is 4.11. The lowest BCUT2D eigenvalue weighted by atomic mass is 10.3. The lowest BCUT2D eigenvalue weighted by Crippen LogP contribution is -2.40. The van der Waals surface area contributed by atoms with Gasteiger partial charge in [0.1, 0.15) is 0 Å². The zero-order chi connectivity index (χ0) is 10.4. The quantitative estimate of drug-likeness (QED) is 0.589. The molecular weight excluding hydrogens is 166 g/mol. The van der Waals surface area contributed by atoms with E-state index in [0.717, 1.165) is 0 Å². The molecule has 0 fully saturated rings. The Labute approximate surface area is 79.7 Å². The third-order valence-corrected chi connectivity index (χ3v) is 1.84. The molecule has 0 aromatic carbocycles. The number of nitrogens with zero attached hydrogens (tertiary/aromatic N) is 3. The van der Waals surface area contributed by atoms with Gasteiger partial charge in [-0.2, -0.15) is 5.26 Å². The van der Waals surface area contributed by atoms with Gasteiger partial charge < -0.3 is 4.90 Å². The number of hydrogen-bond donors (Lipinski definition) is 0. The fourth-order valence-corrected chi connectivity index (χ4v) is 0.827. The van der Waals surface area contributed by atoms with Crippen molar-refractivity contribution in [2.45, 2.75) is 19.9 Å². The highest BCUT2D eigenvalue weighted by atomic mass is 16.2. The maximum atomic E-state index is 11.3. The molecule has 4 nitrogen and oxygen atoms in total. The number of nitriles is 1. The fraction of sp³-hybridized carbons (Fsp3) is 0.778. The van der Waals surface area contributed by atoms with Gasteiger partial charge in [-0.1, -0.05) is 0 Å². The first-order chi connectivity index (χ1) is 5.99. The van der Waals surface area contributed by atoms with Crippen LogP contribution in [0.25, 0.3) is 0 Å². The number of amides is 1. The summed E-state index contributed by atoms with van der Waals surface area (Å²) < 4.78 is 0. The Kier molecular flexibility index (Phi) is 5.09. The summed E-state index contributed by atoms with van der Waals surface area (Å²) in [6, 6.07) is 2.27. The van der Waals surface area contributed by atoms with Gasteiger partial charge in [-0.05, 0) is 13.8 Å². The standard InChI is InChI=1S/C9H17N3O/c1-8(2)12(6-5-10)7-9(13)11(3)4/h8H,6-7H2,1-4H3. The van der Waals surface area contributed by atoms with Crippen molar-refractivity contribution in [2.24, 2.45) is 0 Å². The highest BCUT2D eigenvalue weighted by molar-refractivity contribution is 5.77. The molecule has 0 saturated carbocycles. The predicted molar refractivity (Wildman–Crippen MR) is 51.0 cm³/mol. The van der Waals surface area contributed by atoms with Crippen LogP contribution < -0.4 is 0 Å². The normalized spacial score (nSPS) is 10.2. The molecule has 0 radical (unpaired) electrons. The lowest BCUT2D eigenvalue weighted by molar-refractivity contribution is -0.130. The molecule has 0 rings (SSSR count). The number of rotatable bonds is 4. The van der Waals surface area contributed by atoms with Crippen molar-refractivity contribution in [3.8, 4) is 6.07 Å². The molecule has 0 saturated heterocycles. The summed E-state index contributed by atoms with van der Waals surface area (Å²) in [5.74, 6) is 0.0314. The van der Waals surface area contributed by atoms with Gasteiger partial charge in [-0.15, -0.1) is 0 Å². The van der Waals surface area contributed by atoms with Crippen LogP contribution in [0.5, 0.6) is 0 Å². The minimum Gasteiger partial charge on any atom is -0.348 e. The maximum absolute atomic E-state index is 11.3. The van der Waals surface area contributed by atoms with Gasteiger partial charge in [0.05, 0.1) is 19.2 Å². The first kappa shape index (κ1) is 11.9. The summed E-state index contributed by atoms with van der Waals surface area (Å²) in [4.78, 5) is 14.7. The van der Waals surface area contributed by atoms with E-state index in [1.165, 1.54) is 4.90 Å². The molecule has 74 valence electrons. The third-order valence-electron chi connectivity index (χ3n) is 1.84. The molecule has 0 atom stereocenters. The van der Waals surface area contributed by atoms with Gasteiger partial charge in [0.25, 0.3) is 0 Å². The Morgan fingerprint density at radius 2 is 2.00 bits per heavy atom. The second-order valence-corrected chi connectivity index (χ2v) is 3.45. The maximum Gasteiger partial charge on any atom is 0.236 e. The van der Waals surface area contributed by atoms with Gasteiger partial charge >= 0.3 is 0 Å². The minimum absolute atomic E-state index is 0.0314. The van der Waals surface area contributed by atoms with Crippen LogP contribution in [0.15, 0.2) is 0 Å². The van der Waals surface area contributed by atoms with Crippen molar-refractivity contribution in [2.75, 3.05) is 27.2 Å². The van der Waals surface area contributed by atoms with E-state index in [1.807, 2.05) is 24.8 Å². The molecule has 0 aliphatic heterocycles. The summed E-state index contributed by atoms with van der Waals surface area (Å²) in [7, 11) is 3.43. The van der Waals surface area contributed by atoms with Crippen LogP contribution >= 0.6 is 0 Å². The highest BCUT2D eigenvalue weighted by Gasteiger charge is 2.14. The van der Waals surface area contributed by atoms with Crippen LogP contribution in [0.4, 0.5) is 0 Å². The van der Waals surface area contributed by atoms with E-state index in [0.29, 0.717) is 13.1 Å². The Hall–Kier alpha value is -1.08. The highest BCUT2D eigenvalue weighted by Crippen LogP contribution is 1.97. The average molecular weight is 183 g/mol. The smallest absolute Gasteiger partial charge is 0.236 e. The van der Waals surface area contributed by atoms with Crippen LogP contribution in [0.2, 0.25) is 0 Å². The monoisotopic (exact) mass is 183 g/mol. The van der Waals surface area contributed by atoms with E-state index in [-0.39, 0.29) is 11.9 Å². The van der Waals surface area contributed by atoms with Gasteiger partial charge in [-0.25, -0.2) is 0 Å². The Morgan fingerprint density at radius 3 is 2.31 bits per heavy atom. The van der Waals surface area contributed by atoms with Crippen molar-refractivity contribution in [3.05, 3.63) is 0 Å². The van der Waals surface area contributed by atoms with E-state index in [2.05, 4.69) is 0 Å². The number of hydrogen-bond acceptors (Lipinski definition) is 3. The van der Waals surface area contributed by atoms with Gasteiger partial charge in [0.2, 0.25) is 5.91 Å².